The summed E-state index contributed by atoms with van der Waals surface area (Å²) in [6.07, 6.45) is 3.52. The summed E-state index contributed by atoms with van der Waals surface area (Å²) in [5.74, 6) is -0.0828. The SMILES string of the molecule is C[C@@H]1C[C@@H](c2c[nH]cc(C#N)c2=O)N(C(=O)C(C)(C)CF)C1. The molecule has 0 bridgehead atoms. The van der Waals surface area contributed by atoms with E-state index in [1.807, 2.05) is 13.0 Å². The molecule has 0 saturated carbocycles. The summed E-state index contributed by atoms with van der Waals surface area (Å²) < 4.78 is 13.1. The van der Waals surface area contributed by atoms with E-state index in [-0.39, 0.29) is 22.8 Å². The van der Waals surface area contributed by atoms with Gasteiger partial charge in [-0.3, -0.25) is 9.59 Å². The van der Waals surface area contributed by atoms with Gasteiger partial charge in [0.1, 0.15) is 18.3 Å². The predicted molar refractivity (Wildman–Crippen MR) is 79.8 cm³/mol. The van der Waals surface area contributed by atoms with Crippen LogP contribution < -0.4 is 5.43 Å². The van der Waals surface area contributed by atoms with Crippen molar-refractivity contribution in [2.75, 3.05) is 13.2 Å². The average Bonchev–Trinajstić information content (AvgIpc) is 2.88. The first-order valence-electron chi connectivity index (χ1n) is 7.30. The Hall–Kier alpha value is -2.16. The number of rotatable bonds is 3. The van der Waals surface area contributed by atoms with Crippen LogP contribution in [0.5, 0.6) is 0 Å². The van der Waals surface area contributed by atoms with Crippen LogP contribution in [0.4, 0.5) is 4.39 Å². The van der Waals surface area contributed by atoms with Crippen molar-refractivity contribution in [3.8, 4) is 6.07 Å². The Morgan fingerprint density at radius 3 is 2.82 bits per heavy atom. The molecule has 22 heavy (non-hydrogen) atoms. The van der Waals surface area contributed by atoms with Crippen LogP contribution in [0.25, 0.3) is 0 Å². The minimum absolute atomic E-state index is 0.0224. The number of carbonyl (C=O) groups excluding carboxylic acids is 1. The number of nitrogens with one attached hydrogen (secondary N) is 1. The van der Waals surface area contributed by atoms with Gasteiger partial charge in [0, 0.05) is 24.5 Å². The Bertz CT molecular complexity index is 675. The molecular formula is C16H20FN3O2. The summed E-state index contributed by atoms with van der Waals surface area (Å²) in [4.78, 5) is 29.3. The zero-order valence-corrected chi connectivity index (χ0v) is 13.0. The third-order valence-electron chi connectivity index (χ3n) is 4.14. The summed E-state index contributed by atoms with van der Waals surface area (Å²) in [6, 6.07) is 1.44. The number of aromatic amines is 1. The maximum atomic E-state index is 13.1. The van der Waals surface area contributed by atoms with E-state index in [4.69, 9.17) is 5.26 Å². The van der Waals surface area contributed by atoms with Gasteiger partial charge in [0.2, 0.25) is 11.3 Å². The van der Waals surface area contributed by atoms with Crippen LogP contribution in [0.3, 0.4) is 0 Å². The van der Waals surface area contributed by atoms with Gasteiger partial charge in [-0.15, -0.1) is 0 Å². The Morgan fingerprint density at radius 2 is 2.23 bits per heavy atom. The topological polar surface area (TPSA) is 77.0 Å². The summed E-state index contributed by atoms with van der Waals surface area (Å²) >= 11 is 0. The van der Waals surface area contributed by atoms with Crippen LogP contribution in [-0.2, 0) is 4.79 Å². The fourth-order valence-electron chi connectivity index (χ4n) is 2.84. The molecule has 0 aromatic carbocycles. The molecule has 1 fully saturated rings. The van der Waals surface area contributed by atoms with Crippen molar-refractivity contribution in [3.63, 3.8) is 0 Å². The minimum Gasteiger partial charge on any atom is -0.366 e. The molecule has 1 saturated heterocycles. The van der Waals surface area contributed by atoms with Crippen LogP contribution >= 0.6 is 0 Å². The molecule has 6 heteroatoms. The molecule has 1 amide bonds. The molecule has 2 rings (SSSR count). The van der Waals surface area contributed by atoms with Crippen LogP contribution in [-0.4, -0.2) is 29.0 Å². The van der Waals surface area contributed by atoms with Gasteiger partial charge < -0.3 is 9.88 Å². The highest BCUT2D eigenvalue weighted by molar-refractivity contribution is 5.82. The van der Waals surface area contributed by atoms with Gasteiger partial charge in [-0.1, -0.05) is 6.92 Å². The number of amides is 1. The summed E-state index contributed by atoms with van der Waals surface area (Å²) in [5, 5.41) is 8.98. The van der Waals surface area contributed by atoms with Crippen molar-refractivity contribution in [2.45, 2.75) is 33.2 Å². The van der Waals surface area contributed by atoms with Crippen molar-refractivity contribution in [2.24, 2.45) is 11.3 Å². The molecule has 2 atom stereocenters. The highest BCUT2D eigenvalue weighted by Crippen LogP contribution is 2.37. The van der Waals surface area contributed by atoms with Crippen molar-refractivity contribution >= 4 is 5.91 Å². The molecule has 1 N–H and O–H groups in total. The maximum Gasteiger partial charge on any atom is 0.231 e. The van der Waals surface area contributed by atoms with E-state index in [1.165, 1.54) is 12.4 Å². The van der Waals surface area contributed by atoms with Crippen LogP contribution in [0.15, 0.2) is 17.2 Å². The van der Waals surface area contributed by atoms with Gasteiger partial charge in [-0.25, -0.2) is 4.39 Å². The summed E-state index contributed by atoms with van der Waals surface area (Å²) in [5.41, 5.74) is -1.06. The monoisotopic (exact) mass is 305 g/mol. The number of nitriles is 1. The number of H-pyrrole nitrogens is 1. The Balaban J connectivity index is 2.44. The van der Waals surface area contributed by atoms with Crippen molar-refractivity contribution < 1.29 is 9.18 Å². The molecule has 0 aliphatic carbocycles. The molecule has 1 aliphatic heterocycles. The lowest BCUT2D eigenvalue weighted by molar-refractivity contribution is -0.142. The smallest absolute Gasteiger partial charge is 0.231 e. The maximum absolute atomic E-state index is 13.1. The number of hydrogen-bond donors (Lipinski definition) is 1. The molecule has 1 aliphatic rings. The Morgan fingerprint density at radius 1 is 1.55 bits per heavy atom. The highest BCUT2D eigenvalue weighted by atomic mass is 19.1. The first kappa shape index (κ1) is 16.2. The standard InChI is InChI=1S/C16H20FN3O2/c1-10-4-13(12-7-19-6-11(5-18)14(12)21)20(8-10)15(22)16(2,3)9-17/h6-7,10,13H,4,8-9H2,1-3H3,(H,19,21)/t10-,13+/m1/s1. The quantitative estimate of drug-likeness (QED) is 0.929. The Kier molecular flexibility index (Phi) is 4.36. The van der Waals surface area contributed by atoms with Gasteiger partial charge in [0.25, 0.3) is 0 Å². The van der Waals surface area contributed by atoms with Gasteiger partial charge >= 0.3 is 0 Å². The fraction of sp³-hybridized carbons (Fsp3) is 0.562. The van der Waals surface area contributed by atoms with Crippen molar-refractivity contribution in [1.29, 1.82) is 5.26 Å². The molecule has 1 aromatic rings. The normalized spacial score (nSPS) is 21.7. The van der Waals surface area contributed by atoms with E-state index in [1.54, 1.807) is 18.7 Å². The van der Waals surface area contributed by atoms with Crippen LogP contribution in [0.1, 0.15) is 44.4 Å². The third-order valence-corrected chi connectivity index (χ3v) is 4.14. The lowest BCUT2D eigenvalue weighted by atomic mass is 9.92. The lowest BCUT2D eigenvalue weighted by Gasteiger charge is -2.31. The van der Waals surface area contributed by atoms with E-state index < -0.39 is 18.1 Å². The first-order valence-corrected chi connectivity index (χ1v) is 7.30. The predicted octanol–water partition coefficient (Wildman–Crippen LogP) is 2.15. The average molecular weight is 305 g/mol. The minimum atomic E-state index is -1.11. The van der Waals surface area contributed by atoms with Crippen LogP contribution in [0.2, 0.25) is 0 Å². The van der Waals surface area contributed by atoms with E-state index in [0.717, 1.165) is 0 Å². The zero-order chi connectivity index (χ0) is 16.5. The second-order valence-electron chi connectivity index (χ2n) is 6.60. The highest BCUT2D eigenvalue weighted by Gasteiger charge is 2.41. The number of halogens is 1. The number of aromatic nitrogens is 1. The van der Waals surface area contributed by atoms with Gasteiger partial charge in [-0.05, 0) is 26.2 Å². The number of nitrogens with zero attached hydrogens (tertiary/aromatic N) is 2. The second kappa shape index (κ2) is 5.91. The Labute approximate surface area is 128 Å². The third kappa shape index (κ3) is 2.76. The molecule has 0 unspecified atom stereocenters. The number of carbonyl (C=O) groups is 1. The largest absolute Gasteiger partial charge is 0.366 e. The van der Waals surface area contributed by atoms with Crippen molar-refractivity contribution in [3.05, 3.63) is 33.7 Å². The summed E-state index contributed by atoms with van der Waals surface area (Å²) in [7, 11) is 0. The number of hydrogen-bond acceptors (Lipinski definition) is 3. The number of pyridine rings is 1. The molecule has 118 valence electrons. The number of likely N-dealkylation sites (tertiary alicyclic amines) is 1. The molecule has 5 nitrogen and oxygen atoms in total. The van der Waals surface area contributed by atoms with E-state index in [2.05, 4.69) is 4.98 Å². The first-order chi connectivity index (χ1) is 10.3. The molecule has 2 heterocycles. The molecule has 1 aromatic heterocycles. The molecule has 0 radical (unpaired) electrons. The lowest BCUT2D eigenvalue weighted by Crippen LogP contribution is -2.43. The van der Waals surface area contributed by atoms with Gasteiger partial charge in [0.05, 0.1) is 11.5 Å². The molecular weight excluding hydrogens is 285 g/mol. The van der Waals surface area contributed by atoms with E-state index >= 15 is 0 Å². The number of alkyl halides is 1. The van der Waals surface area contributed by atoms with Gasteiger partial charge in [0.15, 0.2) is 0 Å². The summed E-state index contributed by atoms with van der Waals surface area (Å²) in [6.45, 7) is 4.85. The fourth-order valence-corrected chi connectivity index (χ4v) is 2.84. The van der Waals surface area contributed by atoms with Crippen molar-refractivity contribution in [1.82, 2.24) is 9.88 Å². The molecule has 0 spiro atoms. The second-order valence-corrected chi connectivity index (χ2v) is 6.60. The van der Waals surface area contributed by atoms with E-state index in [9.17, 15) is 14.0 Å². The van der Waals surface area contributed by atoms with Crippen LogP contribution in [0, 0.1) is 22.7 Å². The van der Waals surface area contributed by atoms with Gasteiger partial charge in [-0.2, -0.15) is 5.26 Å². The zero-order valence-electron chi connectivity index (χ0n) is 13.0. The van der Waals surface area contributed by atoms with E-state index in [0.29, 0.717) is 18.5 Å².